The molecule has 4 nitrogen and oxygen atoms in total. The Bertz CT molecular complexity index is 730. The molecule has 0 spiro atoms. The Labute approximate surface area is 154 Å². The summed E-state index contributed by atoms with van der Waals surface area (Å²) in [4.78, 5) is 14.2. The average molecular weight is 351 g/mol. The zero-order valence-corrected chi connectivity index (χ0v) is 14.9. The van der Waals surface area contributed by atoms with Gasteiger partial charge in [0.05, 0.1) is 0 Å². The van der Waals surface area contributed by atoms with E-state index < -0.39 is 5.60 Å². The molecule has 1 atom stereocenters. The predicted octanol–water partition coefficient (Wildman–Crippen LogP) is 3.52. The molecule has 2 aromatic rings. The van der Waals surface area contributed by atoms with Crippen molar-refractivity contribution in [2.45, 2.75) is 24.9 Å². The van der Waals surface area contributed by atoms with Gasteiger partial charge in [0, 0.05) is 19.2 Å². The second-order valence-corrected chi connectivity index (χ2v) is 6.75. The smallest absolute Gasteiger partial charge is 0.246 e. The molecule has 26 heavy (non-hydrogen) atoms. The van der Waals surface area contributed by atoms with Crippen LogP contribution in [0.2, 0.25) is 0 Å². The van der Waals surface area contributed by atoms with E-state index in [1.165, 1.54) is 0 Å². The van der Waals surface area contributed by atoms with Crippen LogP contribution in [0, 0.1) is 0 Å². The molecule has 1 amide bonds. The van der Waals surface area contributed by atoms with E-state index in [0.29, 0.717) is 25.9 Å². The van der Waals surface area contributed by atoms with Gasteiger partial charge in [-0.15, -0.1) is 0 Å². The largest absolute Gasteiger partial charge is 0.491 e. The number of aliphatic hydroxyl groups is 1. The van der Waals surface area contributed by atoms with Crippen molar-refractivity contribution >= 4 is 12.0 Å². The first-order valence-corrected chi connectivity index (χ1v) is 9.07. The molecule has 1 aliphatic rings. The lowest BCUT2D eigenvalue weighted by Crippen LogP contribution is -2.38. The first kappa shape index (κ1) is 18.2. The minimum atomic E-state index is -0.895. The van der Waals surface area contributed by atoms with E-state index in [9.17, 15) is 9.90 Å². The number of carbonyl (C=O) groups excluding carboxylic acids is 1. The Kier molecular flexibility index (Phi) is 6.08. The third-order valence-electron chi connectivity index (χ3n) is 4.70. The van der Waals surface area contributed by atoms with E-state index >= 15 is 0 Å². The van der Waals surface area contributed by atoms with Gasteiger partial charge in [0.2, 0.25) is 5.91 Å². The maximum absolute atomic E-state index is 12.4. The highest BCUT2D eigenvalue weighted by Gasteiger charge is 2.32. The monoisotopic (exact) mass is 351 g/mol. The minimum absolute atomic E-state index is 0.0120. The molecular formula is C22H25NO3. The number of benzene rings is 2. The van der Waals surface area contributed by atoms with Crippen LogP contribution in [0.1, 0.15) is 24.8 Å². The van der Waals surface area contributed by atoms with E-state index in [1.54, 1.807) is 11.0 Å². The van der Waals surface area contributed by atoms with E-state index in [4.69, 9.17) is 4.74 Å². The summed E-state index contributed by atoms with van der Waals surface area (Å²) in [5.74, 6) is 0.742. The molecule has 1 fully saturated rings. The summed E-state index contributed by atoms with van der Waals surface area (Å²) < 4.78 is 5.74. The molecule has 0 aliphatic carbocycles. The fourth-order valence-electron chi connectivity index (χ4n) is 3.12. The predicted molar refractivity (Wildman–Crippen MR) is 103 cm³/mol. The maximum Gasteiger partial charge on any atom is 0.246 e. The fraction of sp³-hybridized carbons (Fsp3) is 0.318. The minimum Gasteiger partial charge on any atom is -0.491 e. The molecule has 0 aromatic heterocycles. The number of amides is 1. The number of hydrogen-bond acceptors (Lipinski definition) is 3. The van der Waals surface area contributed by atoms with E-state index in [-0.39, 0.29) is 12.5 Å². The molecule has 136 valence electrons. The van der Waals surface area contributed by atoms with Crippen molar-refractivity contribution in [2.24, 2.45) is 0 Å². The van der Waals surface area contributed by atoms with Crippen molar-refractivity contribution in [3.05, 3.63) is 72.3 Å². The van der Waals surface area contributed by atoms with Gasteiger partial charge in [0.1, 0.15) is 18.0 Å². The first-order valence-electron chi connectivity index (χ1n) is 9.07. The number of para-hydroxylation sites is 1. The highest BCUT2D eigenvalue weighted by Crippen LogP contribution is 2.24. The third-order valence-corrected chi connectivity index (χ3v) is 4.70. The summed E-state index contributed by atoms with van der Waals surface area (Å²) in [6, 6.07) is 19.3. The summed E-state index contributed by atoms with van der Waals surface area (Å²) in [6.45, 7) is 1.44. The van der Waals surface area contributed by atoms with E-state index in [2.05, 4.69) is 0 Å². The molecule has 1 unspecified atom stereocenters. The number of ether oxygens (including phenoxy) is 1. The fourth-order valence-corrected chi connectivity index (χ4v) is 3.12. The maximum atomic E-state index is 12.4. The molecule has 0 bridgehead atoms. The molecule has 1 N–H and O–H groups in total. The Balaban J connectivity index is 1.53. The quantitative estimate of drug-likeness (QED) is 0.839. The van der Waals surface area contributed by atoms with Gasteiger partial charge in [0.15, 0.2) is 0 Å². The van der Waals surface area contributed by atoms with E-state index in [1.807, 2.05) is 66.7 Å². The molecule has 1 saturated heterocycles. The van der Waals surface area contributed by atoms with Gasteiger partial charge in [0.25, 0.3) is 0 Å². The SMILES string of the molecule is O=C(/C=C/c1ccccc1)N1CCCC(O)(COc2ccccc2)CC1. The van der Waals surface area contributed by atoms with Crippen LogP contribution in [0.3, 0.4) is 0 Å². The van der Waals surface area contributed by atoms with Crippen LogP contribution in [0.4, 0.5) is 0 Å². The van der Waals surface area contributed by atoms with E-state index in [0.717, 1.165) is 17.7 Å². The lowest BCUT2D eigenvalue weighted by Gasteiger charge is -2.26. The summed E-state index contributed by atoms with van der Waals surface area (Å²) in [6.07, 6.45) is 5.36. The standard InChI is InChI=1S/C22H25NO3/c24-21(13-12-19-8-3-1-4-9-19)23-16-7-14-22(25,15-17-23)18-26-20-10-5-2-6-11-20/h1-6,8-13,25H,7,14-18H2/b13-12+. The highest BCUT2D eigenvalue weighted by atomic mass is 16.5. The summed E-state index contributed by atoms with van der Waals surface area (Å²) in [5, 5.41) is 10.8. The summed E-state index contributed by atoms with van der Waals surface area (Å²) >= 11 is 0. The Morgan fingerprint density at radius 2 is 1.73 bits per heavy atom. The molecule has 2 aromatic carbocycles. The molecule has 1 heterocycles. The van der Waals surface area contributed by atoms with Gasteiger partial charge in [-0.2, -0.15) is 0 Å². The molecule has 3 rings (SSSR count). The van der Waals surface area contributed by atoms with Crippen molar-refractivity contribution in [2.75, 3.05) is 19.7 Å². The average Bonchev–Trinajstić information content (AvgIpc) is 2.88. The van der Waals surface area contributed by atoms with Gasteiger partial charge in [-0.05, 0) is 43.0 Å². The van der Waals surface area contributed by atoms with Crippen molar-refractivity contribution in [3.8, 4) is 5.75 Å². The van der Waals surface area contributed by atoms with Crippen LogP contribution in [-0.4, -0.2) is 41.2 Å². The zero-order chi connectivity index (χ0) is 18.2. The summed E-state index contributed by atoms with van der Waals surface area (Å²) in [7, 11) is 0. The van der Waals surface area contributed by atoms with Crippen LogP contribution >= 0.6 is 0 Å². The Morgan fingerprint density at radius 1 is 1.04 bits per heavy atom. The zero-order valence-electron chi connectivity index (χ0n) is 14.9. The summed E-state index contributed by atoms with van der Waals surface area (Å²) in [5.41, 5.74) is 0.108. The van der Waals surface area contributed by atoms with Crippen LogP contribution in [-0.2, 0) is 4.79 Å². The van der Waals surface area contributed by atoms with Crippen LogP contribution in [0.15, 0.2) is 66.7 Å². The van der Waals surface area contributed by atoms with Crippen molar-refractivity contribution < 1.29 is 14.6 Å². The molecule has 0 saturated carbocycles. The second-order valence-electron chi connectivity index (χ2n) is 6.75. The number of rotatable bonds is 5. The van der Waals surface area contributed by atoms with Crippen molar-refractivity contribution in [3.63, 3.8) is 0 Å². The molecule has 0 radical (unpaired) electrons. The Hall–Kier alpha value is -2.59. The van der Waals surface area contributed by atoms with Crippen molar-refractivity contribution in [1.82, 2.24) is 4.90 Å². The molecular weight excluding hydrogens is 326 g/mol. The number of nitrogens with zero attached hydrogens (tertiary/aromatic N) is 1. The lowest BCUT2D eigenvalue weighted by molar-refractivity contribution is -0.126. The van der Waals surface area contributed by atoms with Crippen LogP contribution < -0.4 is 4.74 Å². The normalized spacial score (nSPS) is 20.7. The third kappa shape index (κ3) is 5.20. The van der Waals surface area contributed by atoms with Crippen LogP contribution in [0.25, 0.3) is 6.08 Å². The second kappa shape index (κ2) is 8.68. The molecule has 4 heteroatoms. The Morgan fingerprint density at radius 3 is 2.46 bits per heavy atom. The van der Waals surface area contributed by atoms with Gasteiger partial charge in [-0.25, -0.2) is 0 Å². The first-order chi connectivity index (χ1) is 12.6. The van der Waals surface area contributed by atoms with Gasteiger partial charge in [-0.3, -0.25) is 4.79 Å². The van der Waals surface area contributed by atoms with Gasteiger partial charge >= 0.3 is 0 Å². The number of likely N-dealkylation sites (tertiary alicyclic amines) is 1. The van der Waals surface area contributed by atoms with Crippen molar-refractivity contribution in [1.29, 1.82) is 0 Å². The highest BCUT2D eigenvalue weighted by molar-refractivity contribution is 5.91. The molecule has 1 aliphatic heterocycles. The number of hydrogen-bond donors (Lipinski definition) is 1. The lowest BCUT2D eigenvalue weighted by atomic mass is 9.96. The van der Waals surface area contributed by atoms with Gasteiger partial charge < -0.3 is 14.7 Å². The van der Waals surface area contributed by atoms with Crippen LogP contribution in [0.5, 0.6) is 5.75 Å². The van der Waals surface area contributed by atoms with Gasteiger partial charge in [-0.1, -0.05) is 48.5 Å². The topological polar surface area (TPSA) is 49.8 Å². The number of carbonyl (C=O) groups is 1.